The average molecular weight is 387 g/mol. The maximum absolute atomic E-state index is 11.0. The van der Waals surface area contributed by atoms with Crippen LogP contribution in [0, 0.1) is 5.92 Å². The summed E-state index contributed by atoms with van der Waals surface area (Å²) in [6.07, 6.45) is 32.5. The molecule has 0 fully saturated rings. The van der Waals surface area contributed by atoms with E-state index in [0.29, 0.717) is 12.8 Å². The first-order valence-electron chi connectivity index (χ1n) is 9.78. The number of aliphatic carboxylic acids is 1. The van der Waals surface area contributed by atoms with Crippen LogP contribution in [0.2, 0.25) is 0 Å². The summed E-state index contributed by atoms with van der Waals surface area (Å²) in [4.78, 5) is 11.0. The molecule has 1 N–H and O–H groups in total. The van der Waals surface area contributed by atoms with Gasteiger partial charge in [-0.05, 0) is 56.7 Å². The largest absolute Gasteiger partial charge is 0.481 e. The summed E-state index contributed by atoms with van der Waals surface area (Å²) in [5.41, 5.74) is 0. The van der Waals surface area contributed by atoms with Crippen LogP contribution in [-0.4, -0.2) is 16.4 Å². The molecule has 0 saturated heterocycles. The number of allylic oxidation sites excluding steroid dienone is 12. The van der Waals surface area contributed by atoms with Crippen LogP contribution in [0.25, 0.3) is 0 Å². The first-order valence-corrected chi connectivity index (χ1v) is 10.3. The van der Waals surface area contributed by atoms with Gasteiger partial charge in [0, 0.05) is 0 Å². The fraction of sp³-hybridized carbons (Fsp3) is 0.417. The third-order valence-electron chi connectivity index (χ3n) is 3.75. The van der Waals surface area contributed by atoms with Crippen molar-refractivity contribution < 1.29 is 9.90 Å². The van der Waals surface area contributed by atoms with Gasteiger partial charge in [0.1, 0.15) is 0 Å². The van der Waals surface area contributed by atoms with Gasteiger partial charge in [-0.15, -0.1) is 0 Å². The molecule has 0 spiro atoms. The molecule has 1 unspecified atom stereocenters. The fourth-order valence-electron chi connectivity index (χ4n) is 2.20. The maximum atomic E-state index is 11.0. The Bertz CT molecular complexity index is 551. The Kier molecular flexibility index (Phi) is 18.8. The second-order valence-electron chi connectivity index (χ2n) is 6.09. The molecule has 0 heterocycles. The molecule has 2 nitrogen and oxygen atoms in total. The van der Waals surface area contributed by atoms with Crippen molar-refractivity contribution in [1.29, 1.82) is 0 Å². The lowest BCUT2D eigenvalue weighted by molar-refractivity contribution is -0.141. The molecule has 27 heavy (non-hydrogen) atoms. The normalized spacial score (nSPS) is 14.0. The quantitative estimate of drug-likeness (QED) is 0.226. The smallest absolute Gasteiger partial charge is 0.307 e. The Labute approximate surface area is 170 Å². The molecule has 3 heteroatoms. The zero-order valence-electron chi connectivity index (χ0n) is 16.5. The third-order valence-corrected chi connectivity index (χ3v) is 3.94. The molecule has 0 aromatic heterocycles. The highest BCUT2D eigenvalue weighted by Gasteiger charge is 2.13. The monoisotopic (exact) mass is 386 g/mol. The lowest BCUT2D eigenvalue weighted by Gasteiger charge is -2.04. The second-order valence-corrected chi connectivity index (χ2v) is 6.42. The molecule has 0 aromatic carbocycles. The van der Waals surface area contributed by atoms with Crippen molar-refractivity contribution in [2.24, 2.45) is 5.92 Å². The van der Waals surface area contributed by atoms with Gasteiger partial charge in [-0.25, -0.2) is 0 Å². The van der Waals surface area contributed by atoms with Gasteiger partial charge in [0.2, 0.25) is 0 Å². The highest BCUT2D eigenvalue weighted by atomic mass is 32.1. The van der Waals surface area contributed by atoms with Crippen molar-refractivity contribution in [3.63, 3.8) is 0 Å². The fourth-order valence-corrected chi connectivity index (χ4v) is 2.43. The Morgan fingerprint density at radius 2 is 1.07 bits per heavy atom. The maximum Gasteiger partial charge on any atom is 0.307 e. The van der Waals surface area contributed by atoms with Crippen molar-refractivity contribution >= 4 is 23.6 Å². The van der Waals surface area contributed by atoms with E-state index in [0.717, 1.165) is 38.5 Å². The number of carboxylic acid groups (broad SMARTS) is 1. The van der Waals surface area contributed by atoms with E-state index in [9.17, 15) is 4.79 Å². The van der Waals surface area contributed by atoms with E-state index in [1.807, 2.05) is 12.2 Å². The van der Waals surface area contributed by atoms with Gasteiger partial charge in [-0.3, -0.25) is 4.79 Å². The number of carboxylic acids is 1. The van der Waals surface area contributed by atoms with Crippen LogP contribution < -0.4 is 0 Å². The summed E-state index contributed by atoms with van der Waals surface area (Å²) in [7, 11) is 0. The number of hydrogen-bond acceptors (Lipinski definition) is 2. The van der Waals surface area contributed by atoms with Gasteiger partial charge in [-0.2, -0.15) is 0 Å². The first kappa shape index (κ1) is 25.0. The van der Waals surface area contributed by atoms with Gasteiger partial charge < -0.3 is 5.11 Å². The van der Waals surface area contributed by atoms with Crippen molar-refractivity contribution in [1.82, 2.24) is 0 Å². The molecule has 0 aliphatic heterocycles. The topological polar surface area (TPSA) is 37.3 Å². The van der Waals surface area contributed by atoms with Crippen molar-refractivity contribution in [3.8, 4) is 0 Å². The lowest BCUT2D eigenvalue weighted by atomic mass is 10.0. The minimum absolute atomic E-state index is 0.396. The van der Waals surface area contributed by atoms with Crippen molar-refractivity contribution in [3.05, 3.63) is 72.9 Å². The minimum Gasteiger partial charge on any atom is -0.481 e. The van der Waals surface area contributed by atoms with Crippen molar-refractivity contribution in [2.75, 3.05) is 0 Å². The lowest BCUT2D eigenvalue weighted by Crippen LogP contribution is -2.12. The number of hydrogen-bond donors (Lipinski definition) is 1. The molecule has 0 radical (unpaired) electrons. The second kappa shape index (κ2) is 20.3. The number of rotatable bonds is 16. The van der Waals surface area contributed by atoms with Crippen LogP contribution in [0.1, 0.15) is 58.3 Å². The van der Waals surface area contributed by atoms with Crippen LogP contribution in [0.5, 0.6) is 0 Å². The SMILES string of the molecule is CCC=CCC=CCC=CCC=CCC=CCC=CCC(CC=S)C(=O)O. The summed E-state index contributed by atoms with van der Waals surface area (Å²) in [5.74, 6) is -1.18. The summed E-state index contributed by atoms with van der Waals surface area (Å²) >= 11 is 4.73. The van der Waals surface area contributed by atoms with Gasteiger partial charge in [0.15, 0.2) is 0 Å². The van der Waals surface area contributed by atoms with Crippen LogP contribution in [0.4, 0.5) is 0 Å². The number of carbonyl (C=O) groups is 1. The summed E-state index contributed by atoms with van der Waals surface area (Å²) in [6.45, 7) is 2.15. The molecule has 0 saturated carbocycles. The molecule has 0 amide bonds. The van der Waals surface area contributed by atoms with Crippen LogP contribution in [0.3, 0.4) is 0 Å². The molecular weight excluding hydrogens is 352 g/mol. The summed E-state index contributed by atoms with van der Waals surface area (Å²) in [6, 6.07) is 0. The van der Waals surface area contributed by atoms with Crippen LogP contribution in [0.15, 0.2) is 72.9 Å². The van der Waals surface area contributed by atoms with E-state index in [-0.39, 0.29) is 0 Å². The van der Waals surface area contributed by atoms with Crippen molar-refractivity contribution in [2.45, 2.75) is 58.3 Å². The molecule has 0 aliphatic carbocycles. The van der Waals surface area contributed by atoms with Crippen LogP contribution >= 0.6 is 12.2 Å². The average Bonchev–Trinajstić information content (AvgIpc) is 2.66. The molecule has 0 bridgehead atoms. The predicted octanol–water partition coefficient (Wildman–Crippen LogP) is 7.16. The van der Waals surface area contributed by atoms with Gasteiger partial charge in [-0.1, -0.05) is 92.1 Å². The van der Waals surface area contributed by atoms with Gasteiger partial charge in [0.05, 0.1) is 5.92 Å². The van der Waals surface area contributed by atoms with Gasteiger partial charge in [0.25, 0.3) is 0 Å². The zero-order chi connectivity index (χ0) is 20.0. The van der Waals surface area contributed by atoms with E-state index in [1.165, 1.54) is 5.37 Å². The zero-order valence-corrected chi connectivity index (χ0v) is 17.3. The molecule has 0 aromatic rings. The van der Waals surface area contributed by atoms with E-state index in [2.05, 4.69) is 67.7 Å². The third kappa shape index (κ3) is 18.6. The van der Waals surface area contributed by atoms with E-state index in [4.69, 9.17) is 17.3 Å². The molecule has 0 rings (SSSR count). The first-order chi connectivity index (χ1) is 13.2. The number of thiocarbonyl (C=S) groups is 1. The highest BCUT2D eigenvalue weighted by molar-refractivity contribution is 7.78. The Morgan fingerprint density at radius 1 is 0.704 bits per heavy atom. The Balaban J connectivity index is 3.71. The predicted molar refractivity (Wildman–Crippen MR) is 122 cm³/mol. The summed E-state index contributed by atoms with van der Waals surface area (Å²) in [5, 5.41) is 10.5. The molecule has 148 valence electrons. The summed E-state index contributed by atoms with van der Waals surface area (Å²) < 4.78 is 0. The van der Waals surface area contributed by atoms with E-state index < -0.39 is 11.9 Å². The molecule has 1 atom stereocenters. The van der Waals surface area contributed by atoms with Crippen LogP contribution in [-0.2, 0) is 4.79 Å². The molecule has 0 aliphatic rings. The Morgan fingerprint density at radius 3 is 1.41 bits per heavy atom. The van der Waals surface area contributed by atoms with E-state index >= 15 is 0 Å². The highest BCUT2D eigenvalue weighted by Crippen LogP contribution is 2.09. The molecular formula is C24H34O2S. The standard InChI is InChI=1S/C24H34O2S/c1-2-3-4-5-6-7-8-9-10-11-12-13-14-15-16-17-18-19-20-23(21-22-27)24(25)26/h3-4,6-7,9-10,12-13,15-16,18-19,22-23H,2,5,8,11,14,17,20-21H2,1H3,(H,25,26). The van der Waals surface area contributed by atoms with E-state index in [1.54, 1.807) is 0 Å². The Hall–Kier alpha value is -2.00. The minimum atomic E-state index is -0.782. The van der Waals surface area contributed by atoms with Gasteiger partial charge >= 0.3 is 5.97 Å².